The van der Waals surface area contributed by atoms with Gasteiger partial charge in [0.1, 0.15) is 0 Å². The number of amides is 1. The number of rotatable bonds is 4. The molecule has 1 heterocycles. The zero-order valence-corrected chi connectivity index (χ0v) is 15.7. The maximum Gasteiger partial charge on any atom is 0.253 e. The number of aryl methyl sites for hydroxylation is 1. The van der Waals surface area contributed by atoms with Crippen LogP contribution in [0.1, 0.15) is 34.5 Å². The van der Waals surface area contributed by atoms with E-state index in [4.69, 9.17) is 11.6 Å². The predicted molar refractivity (Wildman–Crippen MR) is 106 cm³/mol. The van der Waals surface area contributed by atoms with Crippen LogP contribution in [0.4, 0.5) is 0 Å². The van der Waals surface area contributed by atoms with Gasteiger partial charge in [-0.05, 0) is 62.1 Å². The molecule has 1 aliphatic rings. The summed E-state index contributed by atoms with van der Waals surface area (Å²) in [4.78, 5) is 12.7. The fourth-order valence-electron chi connectivity index (χ4n) is 3.29. The van der Waals surface area contributed by atoms with Gasteiger partial charge in [0.05, 0.1) is 11.3 Å². The van der Waals surface area contributed by atoms with Crippen LogP contribution >= 0.6 is 11.6 Å². The molecule has 3 aromatic rings. The van der Waals surface area contributed by atoms with E-state index in [1.54, 1.807) is 0 Å². The minimum absolute atomic E-state index is 0.00699. The van der Waals surface area contributed by atoms with E-state index in [9.17, 15) is 4.79 Å². The second-order valence-electron chi connectivity index (χ2n) is 6.91. The lowest BCUT2D eigenvalue weighted by Crippen LogP contribution is -2.25. The van der Waals surface area contributed by atoms with Crippen LogP contribution in [-0.4, -0.2) is 16.5 Å². The molecule has 132 valence electrons. The van der Waals surface area contributed by atoms with Crippen molar-refractivity contribution in [2.75, 3.05) is 0 Å². The number of nitrogens with one attached hydrogen (secondary N) is 1. The summed E-state index contributed by atoms with van der Waals surface area (Å²) in [5, 5.41) is 3.80. The van der Waals surface area contributed by atoms with Crippen LogP contribution in [-0.2, 0) is 0 Å². The highest BCUT2D eigenvalue weighted by Crippen LogP contribution is 2.32. The molecule has 0 radical (unpaired) electrons. The van der Waals surface area contributed by atoms with Gasteiger partial charge in [-0.15, -0.1) is 0 Å². The fraction of sp³-hybridized carbons (Fsp3) is 0.227. The zero-order chi connectivity index (χ0) is 18.3. The number of nitrogens with zero attached hydrogens (tertiary/aromatic N) is 1. The Bertz CT molecular complexity index is 968. The molecule has 3 nitrogen and oxygen atoms in total. The van der Waals surface area contributed by atoms with E-state index in [2.05, 4.69) is 28.9 Å². The van der Waals surface area contributed by atoms with E-state index >= 15 is 0 Å². The first-order valence-electron chi connectivity index (χ1n) is 8.90. The Morgan fingerprint density at radius 1 is 1.08 bits per heavy atom. The molecule has 0 atom stereocenters. The van der Waals surface area contributed by atoms with Crippen LogP contribution in [0.5, 0.6) is 0 Å². The number of benzene rings is 2. The molecule has 0 bridgehead atoms. The molecule has 0 spiro atoms. The molecular weight excluding hydrogens is 344 g/mol. The summed E-state index contributed by atoms with van der Waals surface area (Å²) in [6.45, 7) is 4.10. The topological polar surface area (TPSA) is 34.0 Å². The number of halogens is 1. The summed E-state index contributed by atoms with van der Waals surface area (Å²) in [5.74, 6) is 0.00699. The number of para-hydroxylation sites is 1. The van der Waals surface area contributed by atoms with Crippen molar-refractivity contribution in [3.63, 3.8) is 0 Å². The van der Waals surface area contributed by atoms with Gasteiger partial charge in [-0.1, -0.05) is 41.9 Å². The molecule has 1 fully saturated rings. The number of carbonyl (C=O) groups excluding carboxylic acids is 1. The van der Waals surface area contributed by atoms with Crippen molar-refractivity contribution in [2.45, 2.75) is 32.7 Å². The third kappa shape index (κ3) is 3.15. The third-order valence-electron chi connectivity index (χ3n) is 4.90. The van der Waals surface area contributed by atoms with Crippen molar-refractivity contribution in [3.05, 3.63) is 76.4 Å². The quantitative estimate of drug-likeness (QED) is 0.669. The molecule has 0 aliphatic heterocycles. The maximum atomic E-state index is 12.7. The molecule has 4 heteroatoms. The Hall–Kier alpha value is -2.52. The van der Waals surface area contributed by atoms with Crippen LogP contribution in [0, 0.1) is 13.8 Å². The lowest BCUT2D eigenvalue weighted by Gasteiger charge is -2.15. The van der Waals surface area contributed by atoms with Gasteiger partial charge in [0.25, 0.3) is 5.91 Å². The van der Waals surface area contributed by atoms with E-state index in [1.807, 2.05) is 49.4 Å². The zero-order valence-electron chi connectivity index (χ0n) is 14.9. The van der Waals surface area contributed by atoms with Gasteiger partial charge in [-0.3, -0.25) is 4.79 Å². The van der Waals surface area contributed by atoms with Gasteiger partial charge in [0.2, 0.25) is 0 Å². The summed E-state index contributed by atoms with van der Waals surface area (Å²) in [6.07, 6.45) is 2.15. The largest absolute Gasteiger partial charge is 0.349 e. The van der Waals surface area contributed by atoms with Crippen LogP contribution in [0.2, 0.25) is 5.02 Å². The molecule has 0 unspecified atom stereocenters. The highest BCUT2D eigenvalue weighted by atomic mass is 35.5. The SMILES string of the molecule is Cc1ccccc1-n1c(-c2ccc(Cl)cc2)cc(C(=O)NC2CC2)c1C. The first-order chi connectivity index (χ1) is 12.5. The molecule has 4 rings (SSSR count). The lowest BCUT2D eigenvalue weighted by atomic mass is 10.1. The van der Waals surface area contributed by atoms with Gasteiger partial charge in [-0.2, -0.15) is 0 Å². The first-order valence-corrected chi connectivity index (χ1v) is 9.27. The van der Waals surface area contributed by atoms with Crippen molar-refractivity contribution >= 4 is 17.5 Å². The standard InChI is InChI=1S/C22H21ClN2O/c1-14-5-3-4-6-20(14)25-15(2)19(22(26)24-18-11-12-18)13-21(25)16-7-9-17(23)10-8-16/h3-10,13,18H,11-12H2,1-2H3,(H,24,26). The lowest BCUT2D eigenvalue weighted by molar-refractivity contribution is 0.0950. The molecule has 2 aromatic carbocycles. The van der Waals surface area contributed by atoms with Gasteiger partial charge in [0, 0.05) is 22.4 Å². The molecule has 1 aromatic heterocycles. The Balaban J connectivity index is 1.89. The summed E-state index contributed by atoms with van der Waals surface area (Å²) in [6, 6.07) is 18.3. The van der Waals surface area contributed by atoms with Gasteiger partial charge in [0.15, 0.2) is 0 Å². The van der Waals surface area contributed by atoms with E-state index in [-0.39, 0.29) is 5.91 Å². The minimum atomic E-state index is 0.00699. The molecule has 1 saturated carbocycles. The van der Waals surface area contributed by atoms with Crippen LogP contribution in [0.15, 0.2) is 54.6 Å². The summed E-state index contributed by atoms with van der Waals surface area (Å²) in [5.41, 5.74) is 5.95. The monoisotopic (exact) mass is 364 g/mol. The van der Waals surface area contributed by atoms with E-state index in [1.165, 1.54) is 0 Å². The number of aromatic nitrogens is 1. The normalized spacial score (nSPS) is 13.7. The van der Waals surface area contributed by atoms with E-state index < -0.39 is 0 Å². The van der Waals surface area contributed by atoms with Crippen molar-refractivity contribution in [1.29, 1.82) is 0 Å². The van der Waals surface area contributed by atoms with Crippen molar-refractivity contribution in [3.8, 4) is 16.9 Å². The Morgan fingerprint density at radius 2 is 1.77 bits per heavy atom. The fourth-order valence-corrected chi connectivity index (χ4v) is 3.41. The highest BCUT2D eigenvalue weighted by molar-refractivity contribution is 6.30. The molecule has 26 heavy (non-hydrogen) atoms. The molecule has 1 amide bonds. The second kappa shape index (κ2) is 6.65. The predicted octanol–water partition coefficient (Wildman–Crippen LogP) is 5.31. The average molecular weight is 365 g/mol. The Kier molecular flexibility index (Phi) is 4.33. The van der Waals surface area contributed by atoms with Gasteiger partial charge >= 0.3 is 0 Å². The van der Waals surface area contributed by atoms with Gasteiger partial charge in [-0.25, -0.2) is 0 Å². The third-order valence-corrected chi connectivity index (χ3v) is 5.15. The Labute approximate surface area is 158 Å². The van der Waals surface area contributed by atoms with Crippen LogP contribution in [0.3, 0.4) is 0 Å². The molecule has 1 N–H and O–H groups in total. The summed E-state index contributed by atoms with van der Waals surface area (Å²) in [7, 11) is 0. The number of hydrogen-bond acceptors (Lipinski definition) is 1. The molecule has 0 saturated heterocycles. The Morgan fingerprint density at radius 3 is 2.42 bits per heavy atom. The smallest absolute Gasteiger partial charge is 0.253 e. The second-order valence-corrected chi connectivity index (χ2v) is 7.34. The summed E-state index contributed by atoms with van der Waals surface area (Å²) >= 11 is 6.06. The minimum Gasteiger partial charge on any atom is -0.349 e. The number of hydrogen-bond donors (Lipinski definition) is 1. The number of carbonyl (C=O) groups is 1. The maximum absolute atomic E-state index is 12.7. The van der Waals surface area contributed by atoms with Crippen molar-refractivity contribution < 1.29 is 4.79 Å². The summed E-state index contributed by atoms with van der Waals surface area (Å²) < 4.78 is 2.17. The van der Waals surface area contributed by atoms with Gasteiger partial charge < -0.3 is 9.88 Å². The van der Waals surface area contributed by atoms with Crippen molar-refractivity contribution in [1.82, 2.24) is 9.88 Å². The van der Waals surface area contributed by atoms with E-state index in [0.717, 1.165) is 46.6 Å². The van der Waals surface area contributed by atoms with Crippen LogP contribution < -0.4 is 5.32 Å². The molecular formula is C22H21ClN2O. The highest BCUT2D eigenvalue weighted by Gasteiger charge is 2.26. The van der Waals surface area contributed by atoms with E-state index in [0.29, 0.717) is 11.1 Å². The van der Waals surface area contributed by atoms with Crippen molar-refractivity contribution in [2.24, 2.45) is 0 Å². The first kappa shape index (κ1) is 16.9. The average Bonchev–Trinajstić information content (AvgIpc) is 3.37. The molecule has 1 aliphatic carbocycles. The van der Waals surface area contributed by atoms with Crippen LogP contribution in [0.25, 0.3) is 16.9 Å².